The molecule has 20 heavy (non-hydrogen) atoms. The smallest absolute Gasteiger partial charge is 0.346 e. The third kappa shape index (κ3) is 2.57. The Bertz CT molecular complexity index is 632. The summed E-state index contributed by atoms with van der Waals surface area (Å²) in [5, 5.41) is 10.5. The van der Waals surface area contributed by atoms with Crippen LogP contribution >= 0.6 is 23.1 Å². The van der Waals surface area contributed by atoms with Crippen LogP contribution in [0, 0.1) is 0 Å². The number of thiophene rings is 1. The van der Waals surface area contributed by atoms with Crippen LogP contribution in [0.25, 0.3) is 10.1 Å². The van der Waals surface area contributed by atoms with Crippen molar-refractivity contribution in [3.8, 4) is 0 Å². The summed E-state index contributed by atoms with van der Waals surface area (Å²) < 4.78 is 1.06. The molecule has 0 bridgehead atoms. The van der Waals surface area contributed by atoms with Crippen LogP contribution < -0.4 is 0 Å². The first-order valence-corrected chi connectivity index (χ1v) is 8.65. The summed E-state index contributed by atoms with van der Waals surface area (Å²) in [5.41, 5.74) is 0.970. The molecule has 0 spiro atoms. The van der Waals surface area contributed by atoms with Crippen molar-refractivity contribution >= 4 is 39.2 Å². The van der Waals surface area contributed by atoms with Crippen molar-refractivity contribution in [2.24, 2.45) is 0 Å². The molecule has 3 nitrogen and oxygen atoms in total. The Kier molecular flexibility index (Phi) is 4.01. The largest absolute Gasteiger partial charge is 0.477 e. The van der Waals surface area contributed by atoms with Crippen molar-refractivity contribution in [1.82, 2.24) is 4.90 Å². The second kappa shape index (κ2) is 5.76. The van der Waals surface area contributed by atoms with E-state index in [0.717, 1.165) is 27.9 Å². The van der Waals surface area contributed by atoms with E-state index in [4.69, 9.17) is 0 Å². The summed E-state index contributed by atoms with van der Waals surface area (Å²) in [6.45, 7) is 0.719. The molecule has 3 rings (SSSR count). The highest BCUT2D eigenvalue weighted by Gasteiger charge is 2.24. The zero-order valence-corrected chi connectivity index (χ0v) is 13.0. The molecule has 2 heterocycles. The van der Waals surface area contributed by atoms with Gasteiger partial charge < -0.3 is 5.11 Å². The van der Waals surface area contributed by atoms with Crippen LogP contribution in [-0.2, 0) is 6.54 Å². The fourth-order valence-corrected chi connectivity index (χ4v) is 5.03. The molecule has 1 aliphatic heterocycles. The van der Waals surface area contributed by atoms with Gasteiger partial charge in [-0.3, -0.25) is 4.90 Å². The molecule has 1 fully saturated rings. The normalized spacial score (nSPS) is 19.0. The minimum atomic E-state index is -0.810. The number of hydrogen-bond acceptors (Lipinski definition) is 4. The fourth-order valence-electron chi connectivity index (χ4n) is 2.68. The van der Waals surface area contributed by atoms with Gasteiger partial charge in [-0.05, 0) is 36.2 Å². The number of carbonyl (C=O) groups is 1. The number of hydrogen-bond donors (Lipinski definition) is 1. The first kappa shape index (κ1) is 13.9. The molecule has 5 heteroatoms. The molecule has 1 atom stereocenters. The molecule has 0 saturated carbocycles. The summed E-state index contributed by atoms with van der Waals surface area (Å²) in [5.74, 6) is 1.56. The molecule has 1 aromatic heterocycles. The van der Waals surface area contributed by atoms with Gasteiger partial charge in [0.15, 0.2) is 0 Å². The lowest BCUT2D eigenvalue weighted by molar-refractivity contribution is 0.0700. The Balaban J connectivity index is 1.96. The van der Waals surface area contributed by atoms with E-state index in [9.17, 15) is 9.90 Å². The second-order valence-electron chi connectivity index (χ2n) is 5.14. The van der Waals surface area contributed by atoms with Gasteiger partial charge in [0.1, 0.15) is 4.88 Å². The van der Waals surface area contributed by atoms with E-state index in [1.165, 1.54) is 23.5 Å². The van der Waals surface area contributed by atoms with Crippen molar-refractivity contribution in [2.75, 3.05) is 18.6 Å². The summed E-state index contributed by atoms with van der Waals surface area (Å²) in [6, 6.07) is 8.55. The molecule has 1 aliphatic rings. The zero-order valence-electron chi connectivity index (χ0n) is 11.3. The van der Waals surface area contributed by atoms with Crippen LogP contribution in [0.15, 0.2) is 24.3 Å². The van der Waals surface area contributed by atoms with E-state index in [0.29, 0.717) is 10.9 Å². The van der Waals surface area contributed by atoms with Gasteiger partial charge in [-0.25, -0.2) is 4.79 Å². The summed E-state index contributed by atoms with van der Waals surface area (Å²) in [6.07, 6.45) is 1.20. The lowest BCUT2D eigenvalue weighted by Gasteiger charge is -2.23. The first-order valence-electron chi connectivity index (χ1n) is 6.68. The zero-order chi connectivity index (χ0) is 14.1. The highest BCUT2D eigenvalue weighted by molar-refractivity contribution is 7.99. The molecule has 106 valence electrons. The molecule has 0 radical (unpaired) electrons. The van der Waals surface area contributed by atoms with Crippen LogP contribution in [0.3, 0.4) is 0 Å². The third-order valence-corrected chi connectivity index (χ3v) is 6.17. The van der Waals surface area contributed by atoms with Gasteiger partial charge >= 0.3 is 5.97 Å². The quantitative estimate of drug-likeness (QED) is 0.938. The van der Waals surface area contributed by atoms with Crippen LogP contribution in [-0.4, -0.2) is 40.6 Å². The number of nitrogens with zero attached hydrogens (tertiary/aromatic N) is 1. The highest BCUT2D eigenvalue weighted by Crippen LogP contribution is 2.33. The third-order valence-electron chi connectivity index (χ3n) is 3.83. The van der Waals surface area contributed by atoms with E-state index < -0.39 is 5.97 Å². The number of aromatic carboxylic acids is 1. The molecule has 1 aromatic carbocycles. The Morgan fingerprint density at radius 2 is 2.25 bits per heavy atom. The summed E-state index contributed by atoms with van der Waals surface area (Å²) in [7, 11) is 2.11. The van der Waals surface area contributed by atoms with Gasteiger partial charge in [0.2, 0.25) is 0 Å². The van der Waals surface area contributed by atoms with Crippen LogP contribution in [0.5, 0.6) is 0 Å². The highest BCUT2D eigenvalue weighted by atomic mass is 32.2. The van der Waals surface area contributed by atoms with Crippen molar-refractivity contribution in [3.63, 3.8) is 0 Å². The summed E-state index contributed by atoms with van der Waals surface area (Å²) in [4.78, 5) is 14.3. The predicted octanol–water partition coefficient (Wildman–Crippen LogP) is 3.54. The van der Waals surface area contributed by atoms with Crippen molar-refractivity contribution in [1.29, 1.82) is 0 Å². The Hall–Kier alpha value is -1.04. The average molecular weight is 307 g/mol. The van der Waals surface area contributed by atoms with Gasteiger partial charge in [-0.15, -0.1) is 11.3 Å². The molecule has 2 aromatic rings. The number of benzene rings is 1. The maximum Gasteiger partial charge on any atom is 0.346 e. The van der Waals surface area contributed by atoms with E-state index in [1.807, 2.05) is 36.0 Å². The molecular formula is C15H17NO2S2. The standard InChI is InChI=1S/C15H17NO2S2/c1-16(10-6-7-19-9-10)8-12-11-4-2-3-5-13(11)20-14(12)15(17)18/h2-5,10H,6-9H2,1H3,(H,17,18). The lowest BCUT2D eigenvalue weighted by atomic mass is 10.1. The molecule has 0 amide bonds. The van der Waals surface area contributed by atoms with Crippen molar-refractivity contribution < 1.29 is 9.90 Å². The van der Waals surface area contributed by atoms with E-state index in [2.05, 4.69) is 11.9 Å². The monoisotopic (exact) mass is 307 g/mol. The first-order chi connectivity index (χ1) is 9.66. The number of carboxylic acids is 1. The average Bonchev–Trinajstić information content (AvgIpc) is 3.06. The van der Waals surface area contributed by atoms with E-state index in [-0.39, 0.29) is 0 Å². The molecule has 1 unspecified atom stereocenters. The van der Waals surface area contributed by atoms with Gasteiger partial charge in [-0.2, -0.15) is 11.8 Å². The number of fused-ring (bicyclic) bond motifs is 1. The van der Waals surface area contributed by atoms with Crippen molar-refractivity contribution in [3.05, 3.63) is 34.7 Å². The van der Waals surface area contributed by atoms with Gasteiger partial charge in [0.05, 0.1) is 0 Å². The lowest BCUT2D eigenvalue weighted by Crippen LogP contribution is -2.31. The Labute approximate surface area is 126 Å². The Morgan fingerprint density at radius 1 is 1.45 bits per heavy atom. The number of thioether (sulfide) groups is 1. The predicted molar refractivity (Wildman–Crippen MR) is 86.0 cm³/mol. The topological polar surface area (TPSA) is 40.5 Å². The van der Waals surface area contributed by atoms with Gasteiger partial charge in [-0.1, -0.05) is 18.2 Å². The minimum absolute atomic E-state index is 0.490. The molecular weight excluding hydrogens is 290 g/mol. The van der Waals surface area contributed by atoms with Crippen LogP contribution in [0.1, 0.15) is 21.7 Å². The van der Waals surface area contributed by atoms with Gasteiger partial charge in [0.25, 0.3) is 0 Å². The SMILES string of the molecule is CN(Cc1c(C(=O)O)sc2ccccc12)C1CCSC1. The minimum Gasteiger partial charge on any atom is -0.477 e. The van der Waals surface area contributed by atoms with Crippen LogP contribution in [0.4, 0.5) is 0 Å². The Morgan fingerprint density at radius 3 is 2.95 bits per heavy atom. The summed E-state index contributed by atoms with van der Waals surface area (Å²) >= 11 is 3.37. The van der Waals surface area contributed by atoms with Crippen LogP contribution in [0.2, 0.25) is 0 Å². The molecule has 0 aliphatic carbocycles. The second-order valence-corrected chi connectivity index (χ2v) is 7.35. The maximum absolute atomic E-state index is 11.5. The number of rotatable bonds is 4. The van der Waals surface area contributed by atoms with E-state index in [1.54, 1.807) is 0 Å². The molecule has 1 saturated heterocycles. The fraction of sp³-hybridized carbons (Fsp3) is 0.400. The molecule has 1 N–H and O–H groups in total. The maximum atomic E-state index is 11.5. The van der Waals surface area contributed by atoms with E-state index >= 15 is 0 Å². The van der Waals surface area contributed by atoms with Gasteiger partial charge in [0, 0.05) is 23.0 Å². The number of carboxylic acid groups (broad SMARTS) is 1. The van der Waals surface area contributed by atoms with Crippen molar-refractivity contribution in [2.45, 2.75) is 19.0 Å².